The first-order valence-electron chi connectivity index (χ1n) is 8.27. The third kappa shape index (κ3) is 3.22. The number of ether oxygens (including phenoxy) is 1. The fourth-order valence-electron chi connectivity index (χ4n) is 2.94. The lowest BCUT2D eigenvalue weighted by molar-refractivity contribution is 0.415. The lowest BCUT2D eigenvalue weighted by Gasteiger charge is -2.09. The first-order chi connectivity index (χ1) is 12.3. The van der Waals surface area contributed by atoms with Gasteiger partial charge in [-0.05, 0) is 35.9 Å². The van der Waals surface area contributed by atoms with Gasteiger partial charge in [-0.25, -0.2) is 9.97 Å². The standard InChI is InChI=1S/C22H18N2O/c1-25-18-13-11-17(12-14-18)22-23-20-10-6-5-9-19(20)21(24-22)15-16-7-3-2-4-8-16/h2-14H,15H2,1H3. The minimum Gasteiger partial charge on any atom is -0.497 e. The number of fused-ring (bicyclic) bond motifs is 1. The molecular formula is C22H18N2O. The van der Waals surface area contributed by atoms with Crippen molar-refractivity contribution < 1.29 is 4.74 Å². The molecule has 3 nitrogen and oxygen atoms in total. The molecule has 0 aliphatic heterocycles. The maximum atomic E-state index is 5.24. The van der Waals surface area contributed by atoms with Crippen LogP contribution in [0, 0.1) is 0 Å². The third-order valence-electron chi connectivity index (χ3n) is 4.24. The average Bonchev–Trinajstić information content (AvgIpc) is 2.69. The topological polar surface area (TPSA) is 35.0 Å². The van der Waals surface area contributed by atoms with Gasteiger partial charge in [-0.1, -0.05) is 48.5 Å². The molecule has 0 saturated carbocycles. The molecule has 0 bridgehead atoms. The van der Waals surface area contributed by atoms with Crippen LogP contribution in [0.3, 0.4) is 0 Å². The van der Waals surface area contributed by atoms with Gasteiger partial charge in [0.15, 0.2) is 5.82 Å². The second-order valence-corrected chi connectivity index (χ2v) is 5.90. The summed E-state index contributed by atoms with van der Waals surface area (Å²) < 4.78 is 5.24. The molecule has 0 atom stereocenters. The van der Waals surface area contributed by atoms with Crippen molar-refractivity contribution in [3.05, 3.63) is 90.1 Å². The Balaban J connectivity index is 1.82. The largest absolute Gasteiger partial charge is 0.497 e. The van der Waals surface area contributed by atoms with Gasteiger partial charge in [-0.15, -0.1) is 0 Å². The van der Waals surface area contributed by atoms with Crippen molar-refractivity contribution >= 4 is 10.9 Å². The predicted molar refractivity (Wildman–Crippen MR) is 101 cm³/mol. The van der Waals surface area contributed by atoms with Gasteiger partial charge >= 0.3 is 0 Å². The summed E-state index contributed by atoms with van der Waals surface area (Å²) in [5, 5.41) is 1.10. The Morgan fingerprint density at radius 1 is 0.760 bits per heavy atom. The summed E-state index contributed by atoms with van der Waals surface area (Å²) >= 11 is 0. The van der Waals surface area contributed by atoms with Crippen LogP contribution in [0.25, 0.3) is 22.3 Å². The van der Waals surface area contributed by atoms with E-state index in [1.165, 1.54) is 5.56 Å². The molecule has 3 heteroatoms. The Labute approximate surface area is 147 Å². The number of rotatable bonds is 4. The number of para-hydroxylation sites is 1. The van der Waals surface area contributed by atoms with Crippen molar-refractivity contribution in [3.63, 3.8) is 0 Å². The van der Waals surface area contributed by atoms with Crippen LogP contribution in [0.2, 0.25) is 0 Å². The second kappa shape index (κ2) is 6.73. The molecule has 4 aromatic rings. The van der Waals surface area contributed by atoms with E-state index < -0.39 is 0 Å². The van der Waals surface area contributed by atoms with E-state index in [1.54, 1.807) is 7.11 Å². The first-order valence-corrected chi connectivity index (χ1v) is 8.27. The minimum atomic E-state index is 0.743. The molecule has 122 valence electrons. The highest BCUT2D eigenvalue weighted by Crippen LogP contribution is 2.24. The summed E-state index contributed by atoms with van der Waals surface area (Å²) in [6, 6.07) is 26.4. The highest BCUT2D eigenvalue weighted by molar-refractivity contribution is 5.83. The summed E-state index contributed by atoms with van der Waals surface area (Å²) in [5.74, 6) is 1.57. The van der Waals surface area contributed by atoms with Gasteiger partial charge in [0.05, 0.1) is 18.3 Å². The van der Waals surface area contributed by atoms with Crippen LogP contribution < -0.4 is 4.74 Å². The van der Waals surface area contributed by atoms with Gasteiger partial charge < -0.3 is 4.74 Å². The van der Waals surface area contributed by atoms with Crippen molar-refractivity contribution in [3.8, 4) is 17.1 Å². The summed E-state index contributed by atoms with van der Waals surface area (Å²) in [6.45, 7) is 0. The van der Waals surface area contributed by atoms with Crippen molar-refractivity contribution in [2.45, 2.75) is 6.42 Å². The van der Waals surface area contributed by atoms with Crippen LogP contribution in [0.1, 0.15) is 11.3 Å². The summed E-state index contributed by atoms with van der Waals surface area (Å²) in [4.78, 5) is 9.62. The van der Waals surface area contributed by atoms with Gasteiger partial charge in [0.25, 0.3) is 0 Å². The van der Waals surface area contributed by atoms with Crippen LogP contribution in [0.4, 0.5) is 0 Å². The molecule has 4 rings (SSSR count). The number of nitrogens with zero attached hydrogens (tertiary/aromatic N) is 2. The maximum Gasteiger partial charge on any atom is 0.160 e. The average molecular weight is 326 g/mol. The Kier molecular flexibility index (Phi) is 4.13. The summed E-state index contributed by atoms with van der Waals surface area (Å²) in [5.41, 5.74) is 4.24. The molecule has 0 amide bonds. The molecule has 0 saturated heterocycles. The van der Waals surface area contributed by atoms with Crippen LogP contribution >= 0.6 is 0 Å². The molecule has 25 heavy (non-hydrogen) atoms. The lowest BCUT2D eigenvalue weighted by atomic mass is 10.1. The van der Waals surface area contributed by atoms with Crippen molar-refractivity contribution in [2.24, 2.45) is 0 Å². The number of methoxy groups -OCH3 is 1. The molecule has 0 aliphatic carbocycles. The zero-order chi connectivity index (χ0) is 17.1. The molecule has 0 N–H and O–H groups in total. The van der Waals surface area contributed by atoms with Crippen molar-refractivity contribution in [1.82, 2.24) is 9.97 Å². The fraction of sp³-hybridized carbons (Fsp3) is 0.0909. The van der Waals surface area contributed by atoms with E-state index in [0.717, 1.165) is 40.2 Å². The lowest BCUT2D eigenvalue weighted by Crippen LogP contribution is -1.99. The number of benzene rings is 3. The molecule has 0 radical (unpaired) electrons. The van der Waals surface area contributed by atoms with E-state index in [4.69, 9.17) is 14.7 Å². The number of hydrogen-bond donors (Lipinski definition) is 0. The van der Waals surface area contributed by atoms with Gasteiger partial charge in [0.2, 0.25) is 0 Å². The molecule has 0 aliphatic rings. The smallest absolute Gasteiger partial charge is 0.160 e. The third-order valence-corrected chi connectivity index (χ3v) is 4.24. The van der Waals surface area contributed by atoms with E-state index in [9.17, 15) is 0 Å². The monoisotopic (exact) mass is 326 g/mol. The highest BCUT2D eigenvalue weighted by atomic mass is 16.5. The van der Waals surface area contributed by atoms with Gasteiger partial charge in [0, 0.05) is 17.4 Å². The Hall–Kier alpha value is -3.20. The van der Waals surface area contributed by atoms with E-state index in [2.05, 4.69) is 30.3 Å². The molecular weight excluding hydrogens is 308 g/mol. The number of aromatic nitrogens is 2. The SMILES string of the molecule is COc1ccc(-c2nc(Cc3ccccc3)c3ccccc3n2)cc1. The zero-order valence-corrected chi connectivity index (χ0v) is 14.0. The van der Waals surface area contributed by atoms with Crippen molar-refractivity contribution in [2.75, 3.05) is 7.11 Å². The maximum absolute atomic E-state index is 5.24. The van der Waals surface area contributed by atoms with Gasteiger partial charge in [0.1, 0.15) is 5.75 Å². The van der Waals surface area contributed by atoms with Gasteiger partial charge in [-0.2, -0.15) is 0 Å². The summed E-state index contributed by atoms with van der Waals surface area (Å²) in [7, 11) is 1.67. The molecule has 3 aromatic carbocycles. The Bertz CT molecular complexity index is 995. The molecule has 0 spiro atoms. The van der Waals surface area contributed by atoms with Crippen LogP contribution in [-0.4, -0.2) is 17.1 Å². The quantitative estimate of drug-likeness (QED) is 0.535. The van der Waals surface area contributed by atoms with E-state index in [0.29, 0.717) is 0 Å². The molecule has 1 heterocycles. The number of hydrogen-bond acceptors (Lipinski definition) is 3. The first kappa shape index (κ1) is 15.3. The molecule has 1 aromatic heterocycles. The zero-order valence-electron chi connectivity index (χ0n) is 14.0. The second-order valence-electron chi connectivity index (χ2n) is 5.90. The Morgan fingerprint density at radius 2 is 1.48 bits per heavy atom. The van der Waals surface area contributed by atoms with E-state index in [1.807, 2.05) is 48.5 Å². The van der Waals surface area contributed by atoms with Crippen LogP contribution in [-0.2, 0) is 6.42 Å². The fourth-order valence-corrected chi connectivity index (χ4v) is 2.94. The van der Waals surface area contributed by atoms with Gasteiger partial charge in [-0.3, -0.25) is 0 Å². The van der Waals surface area contributed by atoms with Crippen molar-refractivity contribution in [1.29, 1.82) is 0 Å². The van der Waals surface area contributed by atoms with E-state index >= 15 is 0 Å². The van der Waals surface area contributed by atoms with Crippen LogP contribution in [0.15, 0.2) is 78.9 Å². The summed E-state index contributed by atoms with van der Waals surface area (Å²) in [6.07, 6.45) is 0.785. The molecule has 0 fully saturated rings. The highest BCUT2D eigenvalue weighted by Gasteiger charge is 2.10. The van der Waals surface area contributed by atoms with E-state index in [-0.39, 0.29) is 0 Å². The Morgan fingerprint density at radius 3 is 2.24 bits per heavy atom. The van der Waals surface area contributed by atoms with Crippen LogP contribution in [0.5, 0.6) is 5.75 Å². The minimum absolute atomic E-state index is 0.743. The molecule has 0 unspecified atom stereocenters. The predicted octanol–water partition coefficient (Wildman–Crippen LogP) is 4.90. The normalized spacial score (nSPS) is 10.8.